The lowest BCUT2D eigenvalue weighted by Gasteiger charge is -2.13. The highest BCUT2D eigenvalue weighted by Gasteiger charge is 2.31. The van der Waals surface area contributed by atoms with Gasteiger partial charge in [0.05, 0.1) is 23.5 Å². The molecule has 3 aromatic carbocycles. The average Bonchev–Trinajstić information content (AvgIpc) is 3.29. The van der Waals surface area contributed by atoms with Crippen molar-refractivity contribution in [1.82, 2.24) is 20.1 Å². The number of thioether (sulfide) groups is 1. The van der Waals surface area contributed by atoms with Gasteiger partial charge in [0.2, 0.25) is 0 Å². The zero-order chi connectivity index (χ0) is 24.8. The first-order valence-corrected chi connectivity index (χ1v) is 11.5. The topological polar surface area (TPSA) is 76.9 Å². The molecule has 0 saturated carbocycles. The lowest BCUT2D eigenvalue weighted by atomic mass is 10.2. The maximum Gasteiger partial charge on any atom is 0.416 e. The molecule has 0 radical (unpaired) electrons. The number of aromatic nitrogens is 3. The Bertz CT molecular complexity index is 1250. The summed E-state index contributed by atoms with van der Waals surface area (Å²) in [6, 6.07) is 21.9. The second kappa shape index (κ2) is 10.6. The van der Waals surface area contributed by atoms with Crippen LogP contribution in [0.15, 0.2) is 90.1 Å². The van der Waals surface area contributed by atoms with Crippen LogP contribution < -0.4 is 5.32 Å². The third-order valence-electron chi connectivity index (χ3n) is 5.00. The molecule has 0 saturated heterocycles. The van der Waals surface area contributed by atoms with Crippen LogP contribution in [0.1, 0.15) is 32.1 Å². The number of hydrogen-bond donors (Lipinski definition) is 1. The number of carbonyl (C=O) groups excluding carboxylic acids is 2. The molecule has 1 heterocycles. The van der Waals surface area contributed by atoms with Gasteiger partial charge in [-0.3, -0.25) is 14.2 Å². The van der Waals surface area contributed by atoms with E-state index in [4.69, 9.17) is 0 Å². The monoisotopic (exact) mass is 496 g/mol. The summed E-state index contributed by atoms with van der Waals surface area (Å²) < 4.78 is 41.5. The molecule has 4 rings (SSSR count). The lowest BCUT2D eigenvalue weighted by Crippen LogP contribution is -2.24. The lowest BCUT2D eigenvalue weighted by molar-refractivity contribution is -0.137. The van der Waals surface area contributed by atoms with E-state index in [1.807, 2.05) is 0 Å². The summed E-state index contributed by atoms with van der Waals surface area (Å²) in [5, 5.41) is 11.1. The average molecular weight is 497 g/mol. The molecule has 1 amide bonds. The maximum absolute atomic E-state index is 13.3. The van der Waals surface area contributed by atoms with Gasteiger partial charge < -0.3 is 5.32 Å². The van der Waals surface area contributed by atoms with Crippen LogP contribution in [0.2, 0.25) is 0 Å². The zero-order valence-electron chi connectivity index (χ0n) is 18.2. The first kappa shape index (κ1) is 24.2. The second-order valence-electron chi connectivity index (χ2n) is 7.41. The van der Waals surface area contributed by atoms with Crippen molar-refractivity contribution in [2.45, 2.75) is 17.9 Å². The van der Waals surface area contributed by atoms with Crippen LogP contribution >= 0.6 is 11.8 Å². The fourth-order valence-electron chi connectivity index (χ4n) is 3.28. The molecule has 0 unspecified atom stereocenters. The summed E-state index contributed by atoms with van der Waals surface area (Å²) in [5.74, 6) is -0.286. The molecule has 4 aromatic rings. The van der Waals surface area contributed by atoms with Crippen LogP contribution in [0.5, 0.6) is 0 Å². The number of nitrogens with zero attached hydrogens (tertiary/aromatic N) is 3. The Labute approximate surface area is 203 Å². The van der Waals surface area contributed by atoms with E-state index in [-0.39, 0.29) is 40.7 Å². The van der Waals surface area contributed by atoms with Gasteiger partial charge in [-0.15, -0.1) is 10.2 Å². The minimum Gasteiger partial charge on any atom is -0.345 e. The quantitative estimate of drug-likeness (QED) is 0.268. The van der Waals surface area contributed by atoms with Crippen molar-refractivity contribution in [2.75, 3.05) is 5.75 Å². The van der Waals surface area contributed by atoms with Gasteiger partial charge in [0.15, 0.2) is 16.8 Å². The number of alkyl halides is 3. The van der Waals surface area contributed by atoms with Gasteiger partial charge in [0, 0.05) is 11.1 Å². The van der Waals surface area contributed by atoms with Gasteiger partial charge >= 0.3 is 6.18 Å². The Hall–Kier alpha value is -3.92. The number of benzene rings is 3. The van der Waals surface area contributed by atoms with Gasteiger partial charge in [0.1, 0.15) is 0 Å². The molecule has 0 aliphatic rings. The summed E-state index contributed by atoms with van der Waals surface area (Å²) >= 11 is 1.06. The van der Waals surface area contributed by atoms with Gasteiger partial charge in [-0.2, -0.15) is 13.2 Å². The predicted octanol–water partition coefficient (Wildman–Crippen LogP) is 5.19. The molecule has 1 aromatic heterocycles. The number of amides is 1. The van der Waals surface area contributed by atoms with Crippen molar-refractivity contribution in [1.29, 1.82) is 0 Å². The van der Waals surface area contributed by atoms with E-state index in [1.54, 1.807) is 60.7 Å². The molecule has 6 nitrogen and oxygen atoms in total. The molecule has 178 valence electrons. The van der Waals surface area contributed by atoms with E-state index in [0.29, 0.717) is 11.1 Å². The number of ketones is 1. The van der Waals surface area contributed by atoms with Crippen LogP contribution in [-0.2, 0) is 12.7 Å². The molecule has 35 heavy (non-hydrogen) atoms. The minimum absolute atomic E-state index is 0.0114. The molecule has 0 fully saturated rings. The summed E-state index contributed by atoms with van der Waals surface area (Å²) in [4.78, 5) is 25.0. The van der Waals surface area contributed by atoms with Gasteiger partial charge in [-0.1, -0.05) is 66.4 Å². The molecule has 0 aliphatic heterocycles. The van der Waals surface area contributed by atoms with Crippen LogP contribution in [0.3, 0.4) is 0 Å². The largest absolute Gasteiger partial charge is 0.416 e. The highest BCUT2D eigenvalue weighted by Crippen LogP contribution is 2.31. The van der Waals surface area contributed by atoms with Crippen molar-refractivity contribution in [3.05, 3.63) is 107 Å². The molecule has 0 spiro atoms. The van der Waals surface area contributed by atoms with Crippen LogP contribution in [0, 0.1) is 0 Å². The molecule has 10 heteroatoms. The first-order valence-electron chi connectivity index (χ1n) is 10.5. The fourth-order valence-corrected chi connectivity index (χ4v) is 4.14. The van der Waals surface area contributed by atoms with E-state index in [9.17, 15) is 22.8 Å². The third-order valence-corrected chi connectivity index (χ3v) is 5.93. The van der Waals surface area contributed by atoms with E-state index < -0.39 is 11.7 Å². The Balaban J connectivity index is 1.62. The first-order chi connectivity index (χ1) is 16.8. The van der Waals surface area contributed by atoms with Crippen molar-refractivity contribution in [3.63, 3.8) is 0 Å². The molecular formula is C25H19F3N4O2S. The van der Waals surface area contributed by atoms with E-state index in [0.717, 1.165) is 23.9 Å². The Morgan fingerprint density at radius 1 is 0.857 bits per heavy atom. The Morgan fingerprint density at radius 2 is 1.51 bits per heavy atom. The van der Waals surface area contributed by atoms with Crippen LogP contribution in [0.4, 0.5) is 13.2 Å². The Morgan fingerprint density at radius 3 is 2.17 bits per heavy atom. The number of rotatable bonds is 8. The number of Topliss-reactive ketones (excluding diaryl/α,β-unsaturated/α-hetero) is 1. The predicted molar refractivity (Wildman–Crippen MR) is 125 cm³/mol. The van der Waals surface area contributed by atoms with E-state index in [2.05, 4.69) is 15.5 Å². The molecule has 0 bridgehead atoms. The maximum atomic E-state index is 13.3. The van der Waals surface area contributed by atoms with Gasteiger partial charge in [0.25, 0.3) is 5.91 Å². The van der Waals surface area contributed by atoms with Gasteiger partial charge in [-0.25, -0.2) is 0 Å². The molecule has 1 N–H and O–H groups in total. The number of hydrogen-bond acceptors (Lipinski definition) is 5. The third kappa shape index (κ3) is 5.96. The highest BCUT2D eigenvalue weighted by molar-refractivity contribution is 7.99. The Kier molecular flexibility index (Phi) is 7.31. The van der Waals surface area contributed by atoms with Crippen LogP contribution in [-0.4, -0.2) is 32.2 Å². The highest BCUT2D eigenvalue weighted by atomic mass is 32.2. The van der Waals surface area contributed by atoms with Crippen molar-refractivity contribution < 1.29 is 22.8 Å². The SMILES string of the molecule is O=C(CSc1nnc(CNC(=O)c2ccccc2)n1-c1cccc(C(F)(F)F)c1)c1ccccc1. The minimum atomic E-state index is -4.54. The van der Waals surface area contributed by atoms with E-state index in [1.165, 1.54) is 16.7 Å². The van der Waals surface area contributed by atoms with Crippen LogP contribution in [0.25, 0.3) is 5.69 Å². The summed E-state index contributed by atoms with van der Waals surface area (Å²) in [6.07, 6.45) is -4.54. The summed E-state index contributed by atoms with van der Waals surface area (Å²) in [5.41, 5.74) is 0.281. The fraction of sp³-hybridized carbons (Fsp3) is 0.120. The molecule has 0 atom stereocenters. The summed E-state index contributed by atoms with van der Waals surface area (Å²) in [6.45, 7) is -0.0792. The zero-order valence-corrected chi connectivity index (χ0v) is 19.0. The number of nitrogens with one attached hydrogen (secondary N) is 1. The molecule has 0 aliphatic carbocycles. The van der Waals surface area contributed by atoms with Crippen molar-refractivity contribution in [2.24, 2.45) is 0 Å². The number of halogens is 3. The normalized spacial score (nSPS) is 11.3. The second-order valence-corrected chi connectivity index (χ2v) is 8.35. The van der Waals surface area contributed by atoms with Crippen molar-refractivity contribution >= 4 is 23.5 Å². The van der Waals surface area contributed by atoms with Gasteiger partial charge in [-0.05, 0) is 30.3 Å². The molecular weight excluding hydrogens is 477 g/mol. The smallest absolute Gasteiger partial charge is 0.345 e. The number of carbonyl (C=O) groups is 2. The van der Waals surface area contributed by atoms with Crippen molar-refractivity contribution in [3.8, 4) is 5.69 Å². The standard InChI is InChI=1S/C25H19F3N4O2S/c26-25(27,28)19-12-7-13-20(14-19)32-22(15-29-23(34)18-10-5-2-6-11-18)30-31-24(32)35-16-21(33)17-8-3-1-4-9-17/h1-14H,15-16H2,(H,29,34). The summed E-state index contributed by atoms with van der Waals surface area (Å²) in [7, 11) is 0. The van der Waals surface area contributed by atoms with E-state index >= 15 is 0 Å².